The molecule has 136 valence electrons. The molecule has 7 nitrogen and oxygen atoms in total. The molecule has 1 atom stereocenters. The lowest BCUT2D eigenvalue weighted by Gasteiger charge is -2.35. The predicted molar refractivity (Wildman–Crippen MR) is 90.8 cm³/mol. The van der Waals surface area contributed by atoms with Crippen molar-refractivity contribution < 1.29 is 14.1 Å². The van der Waals surface area contributed by atoms with E-state index < -0.39 is 5.60 Å². The highest BCUT2D eigenvalue weighted by molar-refractivity contribution is 5.68. The Bertz CT molecular complexity index is 542. The number of carbonyl (C=O) groups is 1. The Morgan fingerprint density at radius 3 is 2.42 bits per heavy atom. The molecule has 1 aromatic heterocycles. The Morgan fingerprint density at radius 1 is 1.29 bits per heavy atom. The fourth-order valence-corrected chi connectivity index (χ4v) is 2.71. The molecule has 1 saturated heterocycles. The van der Waals surface area contributed by atoms with E-state index in [0.717, 1.165) is 31.8 Å². The maximum atomic E-state index is 11.9. The molecule has 1 fully saturated rings. The SMILES string of the molecule is CC(C)c1noc(C(C)N2CCC(NC(=O)OC(C)(C)C)CC2)n1. The van der Waals surface area contributed by atoms with E-state index in [1.54, 1.807) is 0 Å². The third-order valence-electron chi connectivity index (χ3n) is 4.13. The van der Waals surface area contributed by atoms with Crippen LogP contribution in [0.5, 0.6) is 0 Å². The van der Waals surface area contributed by atoms with Crippen molar-refractivity contribution in [2.45, 2.75) is 78.0 Å². The van der Waals surface area contributed by atoms with E-state index >= 15 is 0 Å². The van der Waals surface area contributed by atoms with Crippen LogP contribution in [0.2, 0.25) is 0 Å². The molecule has 0 spiro atoms. The summed E-state index contributed by atoms with van der Waals surface area (Å²) in [6.45, 7) is 13.5. The molecule has 1 aliphatic rings. The average molecular weight is 338 g/mol. The van der Waals surface area contributed by atoms with Gasteiger partial charge in [0.2, 0.25) is 5.89 Å². The van der Waals surface area contributed by atoms with Crippen molar-refractivity contribution in [2.75, 3.05) is 13.1 Å². The standard InChI is InChI=1S/C17H30N4O3/c1-11(2)14-19-15(24-20-14)12(3)21-9-7-13(8-10-21)18-16(22)23-17(4,5)6/h11-13H,7-10H2,1-6H3,(H,18,22). The van der Waals surface area contributed by atoms with Crippen molar-refractivity contribution in [3.05, 3.63) is 11.7 Å². The van der Waals surface area contributed by atoms with Crippen LogP contribution in [0.3, 0.4) is 0 Å². The van der Waals surface area contributed by atoms with E-state index in [-0.39, 0.29) is 24.1 Å². The molecule has 0 saturated carbocycles. The fraction of sp³-hybridized carbons (Fsp3) is 0.824. The van der Waals surface area contributed by atoms with Crippen molar-refractivity contribution in [3.63, 3.8) is 0 Å². The van der Waals surface area contributed by atoms with Crippen LogP contribution in [0.4, 0.5) is 4.79 Å². The number of piperidine rings is 1. The van der Waals surface area contributed by atoms with Gasteiger partial charge in [0.15, 0.2) is 5.82 Å². The first-order chi connectivity index (χ1) is 11.2. The normalized spacial score (nSPS) is 18.6. The minimum Gasteiger partial charge on any atom is -0.444 e. The number of nitrogens with zero attached hydrogens (tertiary/aromatic N) is 3. The summed E-state index contributed by atoms with van der Waals surface area (Å²) < 4.78 is 10.7. The van der Waals surface area contributed by atoms with Crippen LogP contribution in [-0.2, 0) is 4.74 Å². The quantitative estimate of drug-likeness (QED) is 0.908. The Balaban J connectivity index is 1.82. The second kappa shape index (κ2) is 7.51. The van der Waals surface area contributed by atoms with Crippen molar-refractivity contribution in [1.29, 1.82) is 0 Å². The lowest BCUT2D eigenvalue weighted by molar-refractivity contribution is 0.0464. The van der Waals surface area contributed by atoms with E-state index in [2.05, 4.69) is 27.3 Å². The molecule has 0 bridgehead atoms. The number of alkyl carbamates (subject to hydrolysis) is 1. The van der Waals surface area contributed by atoms with Crippen molar-refractivity contribution in [2.24, 2.45) is 0 Å². The van der Waals surface area contributed by atoms with E-state index in [9.17, 15) is 4.79 Å². The minimum atomic E-state index is -0.467. The van der Waals surface area contributed by atoms with Gasteiger partial charge in [-0.3, -0.25) is 4.90 Å². The van der Waals surface area contributed by atoms with Gasteiger partial charge in [-0.05, 0) is 40.5 Å². The summed E-state index contributed by atoms with van der Waals surface area (Å²) in [6, 6.07) is 0.240. The molecule has 24 heavy (non-hydrogen) atoms. The van der Waals surface area contributed by atoms with Gasteiger partial charge in [-0.15, -0.1) is 0 Å². The topological polar surface area (TPSA) is 80.5 Å². The van der Waals surface area contributed by atoms with Crippen LogP contribution in [0.1, 0.15) is 78.1 Å². The maximum Gasteiger partial charge on any atom is 0.407 e. The lowest BCUT2D eigenvalue weighted by Crippen LogP contribution is -2.46. The molecule has 1 amide bonds. The maximum absolute atomic E-state index is 11.9. The molecule has 7 heteroatoms. The Morgan fingerprint density at radius 2 is 1.92 bits per heavy atom. The number of ether oxygens (including phenoxy) is 1. The van der Waals surface area contributed by atoms with Gasteiger partial charge < -0.3 is 14.6 Å². The second-order valence-corrected chi connectivity index (χ2v) is 7.78. The van der Waals surface area contributed by atoms with Gasteiger partial charge in [0, 0.05) is 25.0 Å². The minimum absolute atomic E-state index is 0.0903. The molecule has 1 unspecified atom stereocenters. The third-order valence-corrected chi connectivity index (χ3v) is 4.13. The monoisotopic (exact) mass is 338 g/mol. The van der Waals surface area contributed by atoms with E-state index in [1.165, 1.54) is 0 Å². The molecule has 1 N–H and O–H groups in total. The van der Waals surface area contributed by atoms with Gasteiger partial charge in [0.05, 0.1) is 6.04 Å². The molecule has 1 aliphatic heterocycles. The Hall–Kier alpha value is -1.63. The molecular weight excluding hydrogens is 308 g/mol. The number of aromatic nitrogens is 2. The zero-order valence-corrected chi connectivity index (χ0v) is 15.6. The van der Waals surface area contributed by atoms with Gasteiger partial charge >= 0.3 is 6.09 Å². The highest BCUT2D eigenvalue weighted by atomic mass is 16.6. The number of amides is 1. The van der Waals surface area contributed by atoms with Gasteiger partial charge in [0.25, 0.3) is 0 Å². The number of hydrogen-bond acceptors (Lipinski definition) is 6. The molecular formula is C17H30N4O3. The summed E-state index contributed by atoms with van der Waals surface area (Å²) in [5.74, 6) is 1.68. The summed E-state index contributed by atoms with van der Waals surface area (Å²) in [4.78, 5) is 18.6. The summed E-state index contributed by atoms with van der Waals surface area (Å²) in [5.41, 5.74) is -0.467. The fourth-order valence-electron chi connectivity index (χ4n) is 2.71. The highest BCUT2D eigenvalue weighted by Crippen LogP contribution is 2.24. The summed E-state index contributed by atoms with van der Waals surface area (Å²) in [6.07, 6.45) is 1.43. The first kappa shape index (κ1) is 18.7. The van der Waals surface area contributed by atoms with Crippen molar-refractivity contribution in [1.82, 2.24) is 20.4 Å². The average Bonchev–Trinajstić information content (AvgIpc) is 2.95. The van der Waals surface area contributed by atoms with Crippen LogP contribution in [0, 0.1) is 0 Å². The molecule has 2 rings (SSSR count). The summed E-state index contributed by atoms with van der Waals surface area (Å²) in [5, 5.41) is 6.99. The van der Waals surface area contributed by atoms with E-state index in [1.807, 2.05) is 34.6 Å². The largest absolute Gasteiger partial charge is 0.444 e. The Kier molecular flexibility index (Phi) is 5.85. The zero-order chi connectivity index (χ0) is 17.9. The number of likely N-dealkylation sites (tertiary alicyclic amines) is 1. The smallest absolute Gasteiger partial charge is 0.407 e. The van der Waals surface area contributed by atoms with Crippen LogP contribution in [-0.4, -0.2) is 45.9 Å². The van der Waals surface area contributed by atoms with Crippen LogP contribution in [0.25, 0.3) is 0 Å². The first-order valence-electron chi connectivity index (χ1n) is 8.73. The molecule has 1 aromatic rings. The second-order valence-electron chi connectivity index (χ2n) is 7.78. The number of rotatable bonds is 4. The number of hydrogen-bond donors (Lipinski definition) is 1. The number of carbonyl (C=O) groups excluding carboxylic acids is 1. The van der Waals surface area contributed by atoms with Gasteiger partial charge in [-0.25, -0.2) is 4.79 Å². The van der Waals surface area contributed by atoms with Crippen molar-refractivity contribution in [3.8, 4) is 0 Å². The van der Waals surface area contributed by atoms with Crippen molar-refractivity contribution >= 4 is 6.09 Å². The molecule has 0 radical (unpaired) electrons. The predicted octanol–water partition coefficient (Wildman–Crippen LogP) is 3.24. The van der Waals surface area contributed by atoms with Crippen LogP contribution >= 0.6 is 0 Å². The first-order valence-corrected chi connectivity index (χ1v) is 8.73. The molecule has 2 heterocycles. The van der Waals surface area contributed by atoms with Crippen LogP contribution < -0.4 is 5.32 Å². The molecule has 0 aromatic carbocycles. The van der Waals surface area contributed by atoms with Gasteiger partial charge in [-0.1, -0.05) is 19.0 Å². The van der Waals surface area contributed by atoms with Gasteiger partial charge in [0.1, 0.15) is 5.60 Å². The summed E-state index contributed by atoms with van der Waals surface area (Å²) in [7, 11) is 0. The zero-order valence-electron chi connectivity index (χ0n) is 15.6. The summed E-state index contributed by atoms with van der Waals surface area (Å²) >= 11 is 0. The Labute approximate surface area is 144 Å². The lowest BCUT2D eigenvalue weighted by atomic mass is 10.0. The number of nitrogens with one attached hydrogen (secondary N) is 1. The van der Waals surface area contributed by atoms with Crippen LogP contribution in [0.15, 0.2) is 4.52 Å². The van der Waals surface area contributed by atoms with Gasteiger partial charge in [-0.2, -0.15) is 4.98 Å². The van der Waals surface area contributed by atoms with E-state index in [4.69, 9.17) is 9.26 Å². The third kappa shape index (κ3) is 5.19. The highest BCUT2D eigenvalue weighted by Gasteiger charge is 2.28. The molecule has 0 aliphatic carbocycles. The van der Waals surface area contributed by atoms with E-state index in [0.29, 0.717) is 5.89 Å².